The maximum Gasteiger partial charge on any atom is 0.232 e. The lowest BCUT2D eigenvalue weighted by molar-refractivity contribution is -0.149. The van der Waals surface area contributed by atoms with Gasteiger partial charge in [0, 0.05) is 31.9 Å². The predicted molar refractivity (Wildman–Crippen MR) is 170 cm³/mol. The molecule has 2 aromatic rings. The summed E-state index contributed by atoms with van der Waals surface area (Å²) in [6.07, 6.45) is 9.54. The number of benzene rings is 2. The number of carbonyl (C=O) groups is 2. The number of nitrogens with one attached hydrogen (secondary N) is 2. The maximum absolute atomic E-state index is 14.4. The molecule has 0 spiro atoms. The Morgan fingerprint density at radius 1 is 0.860 bits per heavy atom. The number of hydrogen-bond donors (Lipinski definition) is 3. The quantitative estimate of drug-likeness (QED) is 0.387. The third-order valence-corrected chi connectivity index (χ3v) is 12.9. The molecule has 0 radical (unpaired) electrons. The van der Waals surface area contributed by atoms with Crippen LogP contribution in [0.4, 0.5) is 5.69 Å². The molecule has 4 aliphatic carbocycles. The first-order valence-corrected chi connectivity index (χ1v) is 16.9. The highest BCUT2D eigenvalue weighted by Crippen LogP contribution is 2.58. The van der Waals surface area contributed by atoms with Crippen LogP contribution >= 0.6 is 0 Å². The minimum atomic E-state index is -0.590. The Balaban J connectivity index is 1.13. The number of amides is 2. The van der Waals surface area contributed by atoms with E-state index in [0.29, 0.717) is 5.75 Å². The van der Waals surface area contributed by atoms with Crippen molar-refractivity contribution in [3.8, 4) is 5.75 Å². The molecule has 43 heavy (non-hydrogen) atoms. The van der Waals surface area contributed by atoms with Crippen molar-refractivity contribution in [2.45, 2.75) is 96.3 Å². The monoisotopic (exact) mass is 583 g/mol. The number of hydrogen-bond acceptors (Lipinski definition) is 5. The molecule has 7 rings (SSSR count). The molecular formula is C37H49N3O3. The van der Waals surface area contributed by atoms with Gasteiger partial charge < -0.3 is 15.3 Å². The maximum atomic E-state index is 14.4. The summed E-state index contributed by atoms with van der Waals surface area (Å²) in [5, 5.41) is 16.8. The third-order valence-electron chi connectivity index (χ3n) is 12.9. The molecule has 6 nitrogen and oxygen atoms in total. The van der Waals surface area contributed by atoms with Gasteiger partial charge in [0.1, 0.15) is 5.75 Å². The van der Waals surface area contributed by atoms with Gasteiger partial charge in [-0.1, -0.05) is 45.7 Å². The first-order chi connectivity index (χ1) is 20.6. The van der Waals surface area contributed by atoms with Gasteiger partial charge in [0.25, 0.3) is 0 Å². The standard InChI is InChI=1S/C37H49N3O3/c1-35-16-5-17-37(3,32(35)14-10-25-7-11-26(22-31(25)35)40-20-18-38-19-21-40)34(43)39-33(42)36(2)15-4-6-28-29-23-27(41)12-8-24(29)9-13-30(28)36/h7-8,11-12,22-23,28,30,32,38,41H,4-6,9-10,13-21H2,1-3H3,(H,39,42,43)/t28?,30-,32-,35-,36+,37+/m1/s1. The van der Waals surface area contributed by atoms with Crippen LogP contribution in [0.5, 0.6) is 5.75 Å². The SMILES string of the molecule is C[C@]1(C(=O)NC(=O)[C@@]2(C)CCC[C@]3(C)c4cc(N5CCNCC5)ccc4CC[C@@H]23)CCCC2c3cc(O)ccc3CC[C@H]21. The summed E-state index contributed by atoms with van der Waals surface area (Å²) in [4.78, 5) is 31.1. The minimum absolute atomic E-state index is 0.0627. The molecule has 230 valence electrons. The van der Waals surface area contributed by atoms with Crippen molar-refractivity contribution in [1.82, 2.24) is 10.6 Å². The number of phenolic OH excluding ortho intramolecular Hbond substituents is 1. The van der Waals surface area contributed by atoms with Crippen LogP contribution < -0.4 is 15.5 Å². The molecule has 1 aliphatic heterocycles. The number of rotatable bonds is 3. The van der Waals surface area contributed by atoms with Crippen molar-refractivity contribution in [2.24, 2.45) is 22.7 Å². The number of imide groups is 1. The minimum Gasteiger partial charge on any atom is -0.508 e. The number of phenols is 1. The largest absolute Gasteiger partial charge is 0.508 e. The van der Waals surface area contributed by atoms with Crippen LogP contribution in [0.15, 0.2) is 36.4 Å². The van der Waals surface area contributed by atoms with Gasteiger partial charge in [-0.25, -0.2) is 0 Å². The summed E-state index contributed by atoms with van der Waals surface area (Å²) in [5.74, 6) is 0.785. The molecule has 0 aromatic heterocycles. The summed E-state index contributed by atoms with van der Waals surface area (Å²) in [5.41, 5.74) is 5.41. The average molecular weight is 584 g/mol. The Hall–Kier alpha value is -2.86. The third kappa shape index (κ3) is 4.62. The van der Waals surface area contributed by atoms with Crippen molar-refractivity contribution < 1.29 is 14.7 Å². The molecule has 0 bridgehead atoms. The van der Waals surface area contributed by atoms with Gasteiger partial charge in [-0.05, 0) is 121 Å². The molecule has 6 atom stereocenters. The van der Waals surface area contributed by atoms with Crippen LogP contribution in [-0.2, 0) is 27.8 Å². The summed E-state index contributed by atoms with van der Waals surface area (Å²) >= 11 is 0. The molecule has 1 unspecified atom stereocenters. The number of aromatic hydroxyl groups is 1. The second-order valence-corrected chi connectivity index (χ2v) is 15.1. The molecule has 1 heterocycles. The molecule has 2 aromatic carbocycles. The Morgan fingerprint density at radius 3 is 2.40 bits per heavy atom. The fraction of sp³-hybridized carbons (Fsp3) is 0.622. The Bertz CT molecular complexity index is 1430. The Morgan fingerprint density at radius 2 is 1.58 bits per heavy atom. The Labute approximate surface area is 257 Å². The highest BCUT2D eigenvalue weighted by molar-refractivity contribution is 6.00. The van der Waals surface area contributed by atoms with E-state index in [1.165, 1.54) is 27.9 Å². The highest BCUT2D eigenvalue weighted by atomic mass is 16.3. The van der Waals surface area contributed by atoms with Crippen molar-refractivity contribution in [2.75, 3.05) is 31.1 Å². The fourth-order valence-electron chi connectivity index (χ4n) is 10.4. The van der Waals surface area contributed by atoms with Crippen molar-refractivity contribution in [3.63, 3.8) is 0 Å². The molecule has 2 amide bonds. The van der Waals surface area contributed by atoms with E-state index >= 15 is 0 Å². The van der Waals surface area contributed by atoms with E-state index < -0.39 is 10.8 Å². The van der Waals surface area contributed by atoms with Crippen molar-refractivity contribution in [3.05, 3.63) is 58.7 Å². The van der Waals surface area contributed by atoms with Crippen LogP contribution in [0, 0.1) is 22.7 Å². The first-order valence-electron chi connectivity index (χ1n) is 16.9. The van der Waals surface area contributed by atoms with Gasteiger partial charge in [-0.2, -0.15) is 0 Å². The zero-order chi connectivity index (χ0) is 30.0. The summed E-state index contributed by atoms with van der Waals surface area (Å²) in [6, 6.07) is 12.8. The second kappa shape index (κ2) is 10.6. The predicted octanol–water partition coefficient (Wildman–Crippen LogP) is 5.99. The van der Waals surface area contributed by atoms with Gasteiger partial charge in [-0.3, -0.25) is 14.9 Å². The summed E-state index contributed by atoms with van der Waals surface area (Å²) in [7, 11) is 0. The van der Waals surface area contributed by atoms with E-state index in [0.717, 1.165) is 90.4 Å². The van der Waals surface area contributed by atoms with E-state index in [-0.39, 0.29) is 35.0 Å². The van der Waals surface area contributed by atoms with Gasteiger partial charge in [0.15, 0.2) is 0 Å². The Kier molecular flexibility index (Phi) is 7.15. The first kappa shape index (κ1) is 28.9. The van der Waals surface area contributed by atoms with Crippen molar-refractivity contribution >= 4 is 17.5 Å². The number of nitrogens with zero attached hydrogens (tertiary/aromatic N) is 1. The number of anilines is 1. The van der Waals surface area contributed by atoms with Crippen LogP contribution in [0.3, 0.4) is 0 Å². The second-order valence-electron chi connectivity index (χ2n) is 15.1. The van der Waals surface area contributed by atoms with Gasteiger partial charge in [-0.15, -0.1) is 0 Å². The van der Waals surface area contributed by atoms with Crippen LogP contribution in [0.2, 0.25) is 0 Å². The normalized spacial score (nSPS) is 35.1. The lowest BCUT2D eigenvalue weighted by atomic mass is 9.49. The topological polar surface area (TPSA) is 81.7 Å². The van der Waals surface area contributed by atoms with E-state index in [2.05, 4.69) is 54.5 Å². The molecule has 2 saturated carbocycles. The average Bonchev–Trinajstić information content (AvgIpc) is 3.01. The molecule has 5 aliphatic rings. The summed E-state index contributed by atoms with van der Waals surface area (Å²) in [6.45, 7) is 10.7. The zero-order valence-corrected chi connectivity index (χ0v) is 26.3. The van der Waals surface area contributed by atoms with Crippen LogP contribution in [0.25, 0.3) is 0 Å². The van der Waals surface area contributed by atoms with Crippen molar-refractivity contribution in [1.29, 1.82) is 0 Å². The lowest BCUT2D eigenvalue weighted by Gasteiger charge is -2.55. The lowest BCUT2D eigenvalue weighted by Crippen LogP contribution is -2.58. The molecule has 1 saturated heterocycles. The van der Waals surface area contributed by atoms with E-state index in [4.69, 9.17) is 0 Å². The highest BCUT2D eigenvalue weighted by Gasteiger charge is 2.56. The zero-order valence-electron chi connectivity index (χ0n) is 26.3. The van der Waals surface area contributed by atoms with E-state index in [1.54, 1.807) is 6.07 Å². The number of carbonyl (C=O) groups excluding carboxylic acids is 2. The number of piperazine rings is 1. The smallest absolute Gasteiger partial charge is 0.232 e. The number of aryl methyl sites for hydroxylation is 2. The molecular weight excluding hydrogens is 534 g/mol. The molecule has 6 heteroatoms. The van der Waals surface area contributed by atoms with Gasteiger partial charge >= 0.3 is 0 Å². The van der Waals surface area contributed by atoms with Gasteiger partial charge in [0.2, 0.25) is 11.8 Å². The van der Waals surface area contributed by atoms with E-state index in [9.17, 15) is 14.7 Å². The molecule has 3 N–H and O–H groups in total. The number of fused-ring (bicyclic) bond motifs is 6. The fourth-order valence-corrected chi connectivity index (χ4v) is 10.4. The van der Waals surface area contributed by atoms with Crippen LogP contribution in [-0.4, -0.2) is 43.1 Å². The van der Waals surface area contributed by atoms with E-state index in [1.807, 2.05) is 12.1 Å². The summed E-state index contributed by atoms with van der Waals surface area (Å²) < 4.78 is 0. The van der Waals surface area contributed by atoms with Crippen LogP contribution in [0.1, 0.15) is 100 Å². The van der Waals surface area contributed by atoms with Gasteiger partial charge in [0.05, 0.1) is 10.8 Å². The molecule has 3 fully saturated rings.